The molecule has 2 aromatic rings. The highest BCUT2D eigenvalue weighted by atomic mass is 16.5. The van der Waals surface area contributed by atoms with Crippen molar-refractivity contribution in [2.75, 3.05) is 25.1 Å². The Labute approximate surface area is 146 Å². The fraction of sp³-hybridized carbons (Fsp3) is 0.562. The maximum Gasteiger partial charge on any atom is 0.290 e. The van der Waals surface area contributed by atoms with Gasteiger partial charge in [-0.05, 0) is 12.8 Å². The zero-order valence-electron chi connectivity index (χ0n) is 14.6. The van der Waals surface area contributed by atoms with E-state index in [4.69, 9.17) is 19.2 Å². The maximum absolute atomic E-state index is 8.36. The largest absolute Gasteiger partial charge is 0.483 e. The standard InChI is InChI=1S/C15H21N5O2.CH2O2/c1-10(2)13-18-14(22-19-13)11-5-8-20(9-6-11)15-16-7-4-12(17-15)21-3;2-1-3/h4,7,10-11H,5-6,8-9H2,1-3H3;1H,(H,2,3). The van der Waals surface area contributed by atoms with Crippen molar-refractivity contribution < 1.29 is 19.2 Å². The van der Waals surface area contributed by atoms with Gasteiger partial charge in [-0.15, -0.1) is 0 Å². The second kappa shape index (κ2) is 8.95. The third-order valence-corrected chi connectivity index (χ3v) is 3.93. The van der Waals surface area contributed by atoms with Crippen LogP contribution in [0, 0.1) is 0 Å². The summed E-state index contributed by atoms with van der Waals surface area (Å²) in [4.78, 5) is 23.7. The Morgan fingerprint density at radius 2 is 2.04 bits per heavy atom. The number of hydrogen-bond acceptors (Lipinski definition) is 8. The first kappa shape index (κ1) is 18.6. The molecule has 0 amide bonds. The summed E-state index contributed by atoms with van der Waals surface area (Å²) in [5.74, 6) is 3.46. The van der Waals surface area contributed by atoms with Crippen LogP contribution in [0.3, 0.4) is 0 Å². The monoisotopic (exact) mass is 349 g/mol. The van der Waals surface area contributed by atoms with Gasteiger partial charge in [0.2, 0.25) is 17.7 Å². The van der Waals surface area contributed by atoms with E-state index in [0.29, 0.717) is 23.7 Å². The molecule has 25 heavy (non-hydrogen) atoms. The molecule has 0 atom stereocenters. The number of rotatable bonds is 4. The van der Waals surface area contributed by atoms with Crippen molar-refractivity contribution in [1.82, 2.24) is 20.1 Å². The van der Waals surface area contributed by atoms with Gasteiger partial charge in [-0.2, -0.15) is 9.97 Å². The van der Waals surface area contributed by atoms with Gasteiger partial charge in [-0.25, -0.2) is 4.98 Å². The van der Waals surface area contributed by atoms with Crippen molar-refractivity contribution in [3.63, 3.8) is 0 Å². The molecule has 1 saturated heterocycles. The van der Waals surface area contributed by atoms with E-state index in [1.165, 1.54) is 0 Å². The lowest BCUT2D eigenvalue weighted by Crippen LogP contribution is -2.34. The van der Waals surface area contributed by atoms with Crippen molar-refractivity contribution in [3.05, 3.63) is 24.0 Å². The third-order valence-electron chi connectivity index (χ3n) is 3.93. The summed E-state index contributed by atoms with van der Waals surface area (Å²) in [7, 11) is 1.61. The van der Waals surface area contributed by atoms with E-state index >= 15 is 0 Å². The summed E-state index contributed by atoms with van der Waals surface area (Å²) >= 11 is 0. The number of anilines is 1. The smallest absolute Gasteiger partial charge is 0.290 e. The molecule has 0 aromatic carbocycles. The van der Waals surface area contributed by atoms with Gasteiger partial charge in [-0.3, -0.25) is 4.79 Å². The average molecular weight is 349 g/mol. The summed E-state index contributed by atoms with van der Waals surface area (Å²) in [6.45, 7) is 5.63. The van der Waals surface area contributed by atoms with E-state index in [0.717, 1.165) is 37.6 Å². The number of ether oxygens (including phenoxy) is 1. The van der Waals surface area contributed by atoms with Crippen LogP contribution in [0.2, 0.25) is 0 Å². The molecular weight excluding hydrogens is 326 g/mol. The van der Waals surface area contributed by atoms with Gasteiger partial charge in [-0.1, -0.05) is 19.0 Å². The third kappa shape index (κ3) is 4.88. The first-order chi connectivity index (χ1) is 12.1. The molecule has 0 unspecified atom stereocenters. The summed E-state index contributed by atoms with van der Waals surface area (Å²) in [5, 5.41) is 10.9. The highest BCUT2D eigenvalue weighted by molar-refractivity contribution is 5.33. The van der Waals surface area contributed by atoms with E-state index in [1.807, 2.05) is 0 Å². The van der Waals surface area contributed by atoms with Crippen LogP contribution in [0.25, 0.3) is 0 Å². The fourth-order valence-electron chi connectivity index (χ4n) is 2.57. The van der Waals surface area contributed by atoms with Crippen molar-refractivity contribution >= 4 is 12.4 Å². The van der Waals surface area contributed by atoms with Crippen molar-refractivity contribution in [3.8, 4) is 5.88 Å². The highest BCUT2D eigenvalue weighted by Gasteiger charge is 2.26. The Bertz CT molecular complexity index is 668. The van der Waals surface area contributed by atoms with E-state index in [1.54, 1.807) is 19.4 Å². The molecule has 3 rings (SSSR count). The molecule has 9 heteroatoms. The molecule has 2 aromatic heterocycles. The number of hydrogen-bond donors (Lipinski definition) is 1. The second-order valence-electron chi connectivity index (χ2n) is 5.91. The molecule has 0 aliphatic carbocycles. The number of methoxy groups -OCH3 is 1. The maximum atomic E-state index is 8.36. The molecule has 136 valence electrons. The molecule has 9 nitrogen and oxygen atoms in total. The summed E-state index contributed by atoms with van der Waals surface area (Å²) in [6, 6.07) is 1.75. The van der Waals surface area contributed by atoms with E-state index in [9.17, 15) is 0 Å². The van der Waals surface area contributed by atoms with Gasteiger partial charge >= 0.3 is 0 Å². The van der Waals surface area contributed by atoms with Crippen LogP contribution in [0.4, 0.5) is 5.95 Å². The van der Waals surface area contributed by atoms with Crippen LogP contribution in [0.1, 0.15) is 50.2 Å². The minimum absolute atomic E-state index is 0.250. The molecule has 0 spiro atoms. The predicted octanol–water partition coefficient (Wildman–Crippen LogP) is 2.08. The van der Waals surface area contributed by atoms with E-state index in [2.05, 4.69) is 38.9 Å². The Morgan fingerprint density at radius 1 is 1.36 bits per heavy atom. The Balaban J connectivity index is 0.000000701. The summed E-state index contributed by atoms with van der Waals surface area (Å²) < 4.78 is 10.6. The molecule has 1 fully saturated rings. The van der Waals surface area contributed by atoms with Crippen LogP contribution in [-0.2, 0) is 4.79 Å². The fourth-order valence-corrected chi connectivity index (χ4v) is 2.57. The van der Waals surface area contributed by atoms with Gasteiger partial charge in [0.1, 0.15) is 0 Å². The van der Waals surface area contributed by atoms with Crippen LogP contribution in [0.15, 0.2) is 16.8 Å². The zero-order chi connectivity index (χ0) is 18.2. The topological polar surface area (TPSA) is 114 Å². The van der Waals surface area contributed by atoms with Crippen LogP contribution in [-0.4, -0.2) is 51.9 Å². The van der Waals surface area contributed by atoms with Crippen molar-refractivity contribution in [2.45, 2.75) is 38.5 Å². The number of aromatic nitrogens is 4. The van der Waals surface area contributed by atoms with Crippen molar-refractivity contribution in [1.29, 1.82) is 0 Å². The number of nitrogens with zero attached hydrogens (tertiary/aromatic N) is 5. The minimum atomic E-state index is -0.250. The van der Waals surface area contributed by atoms with Gasteiger partial charge in [0, 0.05) is 37.2 Å². The molecule has 3 heterocycles. The number of carboxylic acid groups (broad SMARTS) is 1. The molecular formula is C16H23N5O4. The van der Waals surface area contributed by atoms with Gasteiger partial charge in [0.15, 0.2) is 5.82 Å². The quantitative estimate of drug-likeness (QED) is 0.828. The molecule has 0 radical (unpaired) electrons. The lowest BCUT2D eigenvalue weighted by molar-refractivity contribution is -0.122. The van der Waals surface area contributed by atoms with Gasteiger partial charge in [0.05, 0.1) is 7.11 Å². The normalized spacial score (nSPS) is 14.8. The molecule has 1 N–H and O–H groups in total. The first-order valence-corrected chi connectivity index (χ1v) is 8.12. The second-order valence-corrected chi connectivity index (χ2v) is 5.91. The van der Waals surface area contributed by atoms with Gasteiger partial charge in [0.25, 0.3) is 6.47 Å². The molecule has 0 bridgehead atoms. The number of carbonyl (C=O) groups is 1. The SMILES string of the molecule is COc1ccnc(N2CCC(c3nc(C(C)C)no3)CC2)n1.O=CO. The van der Waals surface area contributed by atoms with Gasteiger partial charge < -0.3 is 19.3 Å². The highest BCUT2D eigenvalue weighted by Crippen LogP contribution is 2.29. The number of piperidine rings is 1. The van der Waals surface area contributed by atoms with Crippen LogP contribution < -0.4 is 9.64 Å². The summed E-state index contributed by atoms with van der Waals surface area (Å²) in [6.07, 6.45) is 3.64. The summed E-state index contributed by atoms with van der Waals surface area (Å²) in [5.41, 5.74) is 0. The predicted molar refractivity (Wildman–Crippen MR) is 89.9 cm³/mol. The van der Waals surface area contributed by atoms with Crippen LogP contribution in [0.5, 0.6) is 5.88 Å². The lowest BCUT2D eigenvalue weighted by atomic mass is 9.97. The molecule has 0 saturated carbocycles. The van der Waals surface area contributed by atoms with Crippen LogP contribution >= 0.6 is 0 Å². The minimum Gasteiger partial charge on any atom is -0.483 e. The Morgan fingerprint density at radius 3 is 2.60 bits per heavy atom. The molecule has 1 aliphatic rings. The first-order valence-electron chi connectivity index (χ1n) is 8.12. The lowest BCUT2D eigenvalue weighted by Gasteiger charge is -2.30. The zero-order valence-corrected chi connectivity index (χ0v) is 14.6. The van der Waals surface area contributed by atoms with E-state index < -0.39 is 0 Å². The van der Waals surface area contributed by atoms with Crippen molar-refractivity contribution in [2.24, 2.45) is 0 Å². The Hall–Kier alpha value is -2.71. The van der Waals surface area contributed by atoms with E-state index in [-0.39, 0.29) is 6.47 Å². The molecule has 1 aliphatic heterocycles. The average Bonchev–Trinajstić information content (AvgIpc) is 3.13. The Kier molecular flexibility index (Phi) is 6.67.